The van der Waals surface area contributed by atoms with Gasteiger partial charge in [-0.15, -0.1) is 0 Å². The first-order chi connectivity index (χ1) is 12.8. The molecule has 0 amide bonds. The zero-order chi connectivity index (χ0) is 19.6. The molecule has 0 radical (unpaired) electrons. The van der Waals surface area contributed by atoms with Crippen LogP contribution in [0.5, 0.6) is 0 Å². The Morgan fingerprint density at radius 3 is 2.19 bits per heavy atom. The summed E-state index contributed by atoms with van der Waals surface area (Å²) in [5.41, 5.74) is 2.80. The van der Waals surface area contributed by atoms with Crippen molar-refractivity contribution in [3.05, 3.63) is 65.2 Å². The van der Waals surface area contributed by atoms with Crippen molar-refractivity contribution >= 4 is 15.8 Å². The van der Waals surface area contributed by atoms with Crippen molar-refractivity contribution < 1.29 is 13.2 Å². The van der Waals surface area contributed by atoms with Gasteiger partial charge < -0.3 is 4.90 Å². The Bertz CT molecular complexity index is 899. The van der Waals surface area contributed by atoms with E-state index < -0.39 is 10.0 Å². The van der Waals surface area contributed by atoms with Crippen LogP contribution in [0.4, 0.5) is 0 Å². The molecule has 0 aliphatic heterocycles. The van der Waals surface area contributed by atoms with Crippen LogP contribution in [-0.2, 0) is 10.0 Å². The topological polar surface area (TPSA) is 66.5 Å². The molecule has 2 aromatic rings. The lowest BCUT2D eigenvalue weighted by molar-refractivity contribution is 0.0967. The third kappa shape index (κ3) is 4.83. The maximum atomic E-state index is 12.7. The molecule has 1 fully saturated rings. The van der Waals surface area contributed by atoms with Crippen LogP contribution in [0.2, 0.25) is 0 Å². The highest BCUT2D eigenvalue weighted by atomic mass is 32.2. The van der Waals surface area contributed by atoms with E-state index >= 15 is 0 Å². The number of nitrogens with one attached hydrogen (secondary N) is 1. The number of benzene rings is 2. The van der Waals surface area contributed by atoms with Gasteiger partial charge in [-0.2, -0.15) is 0 Å². The quantitative estimate of drug-likeness (QED) is 0.708. The lowest BCUT2D eigenvalue weighted by Crippen LogP contribution is -2.34. The number of nitrogens with zero attached hydrogens (tertiary/aromatic N) is 1. The second-order valence-corrected chi connectivity index (χ2v) is 9.17. The summed E-state index contributed by atoms with van der Waals surface area (Å²) in [5, 5.41) is 0. The Morgan fingerprint density at radius 2 is 1.67 bits per heavy atom. The summed E-state index contributed by atoms with van der Waals surface area (Å²) in [6.07, 6.45) is 1.87. The van der Waals surface area contributed by atoms with Crippen molar-refractivity contribution in [3.8, 4) is 0 Å². The average molecular weight is 387 g/mol. The fourth-order valence-corrected chi connectivity index (χ4v) is 4.08. The molecule has 3 rings (SSSR count). The van der Waals surface area contributed by atoms with Gasteiger partial charge >= 0.3 is 0 Å². The smallest absolute Gasteiger partial charge is 0.240 e. The number of hydrogen-bond acceptors (Lipinski definition) is 4. The minimum absolute atomic E-state index is 0.0731. The van der Waals surface area contributed by atoms with Crippen LogP contribution < -0.4 is 4.72 Å². The van der Waals surface area contributed by atoms with Crippen LogP contribution in [0, 0.1) is 12.8 Å². The highest BCUT2D eigenvalue weighted by Gasteiger charge is 2.30. The maximum Gasteiger partial charge on any atom is 0.240 e. The van der Waals surface area contributed by atoms with Crippen molar-refractivity contribution in [2.24, 2.45) is 5.92 Å². The monoisotopic (exact) mass is 386 g/mol. The molecule has 0 heterocycles. The molecule has 1 saturated carbocycles. The van der Waals surface area contributed by atoms with Crippen LogP contribution in [0.1, 0.15) is 40.4 Å². The third-order valence-corrected chi connectivity index (χ3v) is 6.39. The van der Waals surface area contributed by atoms with Gasteiger partial charge in [0.2, 0.25) is 10.0 Å². The van der Waals surface area contributed by atoms with Crippen molar-refractivity contribution in [3.63, 3.8) is 0 Å². The summed E-state index contributed by atoms with van der Waals surface area (Å²) in [4.78, 5) is 14.2. The van der Waals surface area contributed by atoms with E-state index in [2.05, 4.69) is 4.72 Å². The number of likely N-dealkylation sites (N-methyl/N-ethyl adjacent to an activating group) is 1. The predicted molar refractivity (Wildman–Crippen MR) is 106 cm³/mol. The number of aryl methyl sites for hydroxylation is 1. The number of carbonyl (C=O) groups is 1. The van der Waals surface area contributed by atoms with Crippen LogP contribution >= 0.6 is 0 Å². The molecule has 0 saturated heterocycles. The Kier molecular flexibility index (Phi) is 5.79. The zero-order valence-corrected chi connectivity index (χ0v) is 16.8. The molecule has 5 nitrogen and oxygen atoms in total. The second kappa shape index (κ2) is 7.92. The summed E-state index contributed by atoms with van der Waals surface area (Å²) >= 11 is 0. The summed E-state index contributed by atoms with van der Waals surface area (Å²) < 4.78 is 28.0. The molecule has 1 atom stereocenters. The molecule has 2 aromatic carbocycles. The average Bonchev–Trinajstić information content (AvgIpc) is 3.48. The van der Waals surface area contributed by atoms with Crippen molar-refractivity contribution in [2.75, 3.05) is 20.6 Å². The van der Waals surface area contributed by atoms with E-state index in [1.165, 1.54) is 12.1 Å². The Morgan fingerprint density at radius 1 is 1.07 bits per heavy atom. The van der Waals surface area contributed by atoms with Gasteiger partial charge in [0, 0.05) is 24.1 Å². The molecule has 27 heavy (non-hydrogen) atoms. The predicted octanol–water partition coefficient (Wildman–Crippen LogP) is 3.17. The van der Waals surface area contributed by atoms with Gasteiger partial charge in [-0.05, 0) is 51.6 Å². The van der Waals surface area contributed by atoms with Gasteiger partial charge in [0.05, 0.1) is 4.90 Å². The molecule has 1 aliphatic carbocycles. The molecule has 0 spiro atoms. The van der Waals surface area contributed by atoms with Crippen LogP contribution in [0.25, 0.3) is 0 Å². The second-order valence-electron chi connectivity index (χ2n) is 7.40. The van der Waals surface area contributed by atoms with Gasteiger partial charge in [-0.3, -0.25) is 4.79 Å². The summed E-state index contributed by atoms with van der Waals surface area (Å²) in [6.45, 7) is 2.29. The van der Waals surface area contributed by atoms with Gasteiger partial charge in [0.25, 0.3) is 0 Å². The fourth-order valence-electron chi connectivity index (χ4n) is 3.04. The highest BCUT2D eigenvalue weighted by Crippen LogP contribution is 2.32. The van der Waals surface area contributed by atoms with E-state index in [4.69, 9.17) is 0 Å². The number of ketones is 1. The van der Waals surface area contributed by atoms with E-state index in [0.29, 0.717) is 5.56 Å². The molecule has 0 aromatic heterocycles. The first-order valence-electron chi connectivity index (χ1n) is 9.15. The Balaban J connectivity index is 1.70. The number of rotatable bonds is 8. The van der Waals surface area contributed by atoms with Crippen LogP contribution in [-0.4, -0.2) is 39.7 Å². The van der Waals surface area contributed by atoms with Gasteiger partial charge in [0.1, 0.15) is 0 Å². The number of carbonyl (C=O) groups excluding carboxylic acids is 1. The largest absolute Gasteiger partial charge is 0.301 e. The van der Waals surface area contributed by atoms with E-state index in [0.717, 1.165) is 24.0 Å². The number of hydrogen-bond donors (Lipinski definition) is 1. The van der Waals surface area contributed by atoms with E-state index in [1.807, 2.05) is 50.2 Å². The lowest BCUT2D eigenvalue weighted by atomic mass is 10.0. The SMILES string of the molecule is Cc1ccc(C(CNS(=O)(=O)c2ccc(C(=O)C3CC3)cc2)N(C)C)cc1. The van der Waals surface area contributed by atoms with Crippen LogP contribution in [0.3, 0.4) is 0 Å². The van der Waals surface area contributed by atoms with E-state index in [-0.39, 0.29) is 29.2 Å². The summed E-state index contributed by atoms with van der Waals surface area (Å²) in [7, 11) is 0.215. The third-order valence-electron chi connectivity index (χ3n) is 4.95. The standard InChI is InChI=1S/C21H26N2O3S/c1-15-4-6-16(7-5-15)20(23(2)3)14-22-27(25,26)19-12-10-18(11-13-19)21(24)17-8-9-17/h4-7,10-13,17,20,22H,8-9,14H2,1-3H3. The maximum absolute atomic E-state index is 12.7. The Hall–Kier alpha value is -2.02. The summed E-state index contributed by atoms with van der Waals surface area (Å²) in [6, 6.07) is 14.3. The number of Topliss-reactive ketones (excluding diaryl/α,β-unsaturated/α-hetero) is 1. The molecule has 6 heteroatoms. The first kappa shape index (κ1) is 19.7. The van der Waals surface area contributed by atoms with E-state index in [9.17, 15) is 13.2 Å². The summed E-state index contributed by atoms with van der Waals surface area (Å²) in [5.74, 6) is 0.236. The fraction of sp³-hybridized carbons (Fsp3) is 0.381. The van der Waals surface area contributed by atoms with Gasteiger partial charge in [-0.25, -0.2) is 13.1 Å². The highest BCUT2D eigenvalue weighted by molar-refractivity contribution is 7.89. The van der Waals surface area contributed by atoms with Crippen molar-refractivity contribution in [2.45, 2.75) is 30.7 Å². The molecule has 0 bridgehead atoms. The Labute approximate surface area is 161 Å². The molecular weight excluding hydrogens is 360 g/mol. The minimum Gasteiger partial charge on any atom is -0.301 e. The van der Waals surface area contributed by atoms with Crippen molar-refractivity contribution in [1.82, 2.24) is 9.62 Å². The minimum atomic E-state index is -3.64. The molecular formula is C21H26N2O3S. The lowest BCUT2D eigenvalue weighted by Gasteiger charge is -2.25. The number of sulfonamides is 1. The van der Waals surface area contributed by atoms with Gasteiger partial charge in [-0.1, -0.05) is 42.0 Å². The van der Waals surface area contributed by atoms with Crippen molar-refractivity contribution in [1.29, 1.82) is 0 Å². The van der Waals surface area contributed by atoms with Crippen LogP contribution in [0.15, 0.2) is 53.4 Å². The zero-order valence-electron chi connectivity index (χ0n) is 16.0. The van der Waals surface area contributed by atoms with E-state index in [1.54, 1.807) is 12.1 Å². The normalized spacial score (nSPS) is 15.7. The molecule has 1 unspecified atom stereocenters. The van der Waals surface area contributed by atoms with Gasteiger partial charge in [0.15, 0.2) is 5.78 Å². The molecule has 1 N–H and O–H groups in total. The first-order valence-corrected chi connectivity index (χ1v) is 10.6. The molecule has 1 aliphatic rings. The molecule has 144 valence electrons.